The molecule has 44 heavy (non-hydrogen) atoms. The van der Waals surface area contributed by atoms with Crippen molar-refractivity contribution in [1.82, 2.24) is 19.9 Å². The summed E-state index contributed by atoms with van der Waals surface area (Å²) in [7, 11) is -3.43. The molecule has 2 aromatic heterocycles. The fourth-order valence-corrected chi connectivity index (χ4v) is 5.72. The third kappa shape index (κ3) is 9.53. The van der Waals surface area contributed by atoms with Crippen molar-refractivity contribution in [2.24, 2.45) is 0 Å². The molecule has 0 aliphatic heterocycles. The van der Waals surface area contributed by atoms with Crippen LogP contribution in [0.1, 0.15) is 54.2 Å². The van der Waals surface area contributed by atoms with E-state index in [2.05, 4.69) is 15.3 Å². The van der Waals surface area contributed by atoms with Gasteiger partial charge in [0.05, 0.1) is 18.7 Å². The lowest BCUT2D eigenvalue weighted by Crippen LogP contribution is -2.45. The number of amides is 1. The van der Waals surface area contributed by atoms with Gasteiger partial charge in [0.15, 0.2) is 0 Å². The first kappa shape index (κ1) is 33.0. The van der Waals surface area contributed by atoms with Gasteiger partial charge in [-0.15, -0.1) is 11.3 Å². The minimum absolute atomic E-state index is 0.166. The lowest BCUT2D eigenvalue weighted by atomic mass is 9.94. The fourth-order valence-electron chi connectivity index (χ4n) is 4.35. The van der Waals surface area contributed by atoms with Crippen LogP contribution in [0.4, 0.5) is 4.39 Å². The molecular formula is C31H35FN4O6S2. The Morgan fingerprint density at radius 2 is 1.86 bits per heavy atom. The Kier molecular flexibility index (Phi) is 10.7. The lowest BCUT2D eigenvalue weighted by Gasteiger charge is -2.25. The molecule has 13 heteroatoms. The van der Waals surface area contributed by atoms with Crippen LogP contribution in [0.3, 0.4) is 0 Å². The first-order valence-electron chi connectivity index (χ1n) is 13.9. The second-order valence-electron chi connectivity index (χ2n) is 11.2. The highest BCUT2D eigenvalue weighted by Crippen LogP contribution is 2.33. The molecular weight excluding hydrogens is 607 g/mol. The SMILES string of the molecule is CC(C)(C)OC(=O)[C@H](CCS(C)(=O)=O)NC(=O)c1ccc(C(OCCn2ccnc2)c2nccs2)cc1-c1ccc(F)cc1. The number of ether oxygens (including phenoxy) is 2. The van der Waals surface area contributed by atoms with Crippen molar-refractivity contribution in [2.45, 2.75) is 51.5 Å². The van der Waals surface area contributed by atoms with Crippen LogP contribution in [0.15, 0.2) is 72.8 Å². The van der Waals surface area contributed by atoms with E-state index in [0.29, 0.717) is 34.8 Å². The van der Waals surface area contributed by atoms with Crippen molar-refractivity contribution in [3.05, 3.63) is 94.7 Å². The number of halogens is 1. The zero-order valence-corrected chi connectivity index (χ0v) is 26.5. The van der Waals surface area contributed by atoms with Crippen LogP contribution in [0.2, 0.25) is 0 Å². The van der Waals surface area contributed by atoms with E-state index in [1.54, 1.807) is 69.8 Å². The number of hydrogen-bond acceptors (Lipinski definition) is 9. The maximum absolute atomic E-state index is 13.9. The van der Waals surface area contributed by atoms with Crippen LogP contribution >= 0.6 is 11.3 Å². The smallest absolute Gasteiger partial charge is 0.329 e. The number of hydrogen-bond donors (Lipinski definition) is 1. The first-order valence-corrected chi connectivity index (χ1v) is 16.8. The standard InChI is InChI=1S/C31H35FN4O6S2/c1-31(2,3)42-30(38)26(11-18-44(4,39)40)35-28(37)24-10-7-22(19-25(24)21-5-8-23(32)9-6-21)27(29-34-13-17-43-29)41-16-15-36-14-12-33-20-36/h5-10,12-14,17,19-20,26-27H,11,15-16,18H2,1-4H3,(H,35,37)/t26-,27?/m0/s1. The van der Waals surface area contributed by atoms with Crippen LogP contribution in [-0.2, 0) is 30.7 Å². The molecule has 4 aromatic rings. The maximum Gasteiger partial charge on any atom is 0.329 e. The Labute approximate surface area is 260 Å². The molecule has 1 unspecified atom stereocenters. The Morgan fingerprint density at radius 1 is 1.11 bits per heavy atom. The number of imidazole rings is 1. The molecule has 0 saturated heterocycles. The van der Waals surface area contributed by atoms with Gasteiger partial charge in [-0.25, -0.2) is 27.6 Å². The van der Waals surface area contributed by atoms with Gasteiger partial charge in [0.2, 0.25) is 0 Å². The van der Waals surface area contributed by atoms with Gasteiger partial charge in [-0.1, -0.05) is 18.2 Å². The van der Waals surface area contributed by atoms with E-state index in [4.69, 9.17) is 9.47 Å². The minimum atomic E-state index is -3.43. The molecule has 1 amide bonds. The number of nitrogens with zero attached hydrogens (tertiary/aromatic N) is 3. The van der Waals surface area contributed by atoms with Gasteiger partial charge in [-0.3, -0.25) is 4.79 Å². The summed E-state index contributed by atoms with van der Waals surface area (Å²) in [5.74, 6) is -2.13. The normalized spacial score (nSPS) is 13.3. The number of aromatic nitrogens is 3. The maximum atomic E-state index is 13.9. The summed E-state index contributed by atoms with van der Waals surface area (Å²) in [6.45, 7) is 5.96. The van der Waals surface area contributed by atoms with Gasteiger partial charge in [-0.05, 0) is 68.1 Å². The summed E-state index contributed by atoms with van der Waals surface area (Å²) in [4.78, 5) is 35.2. The van der Waals surface area contributed by atoms with Crippen molar-refractivity contribution in [3.8, 4) is 11.1 Å². The molecule has 2 heterocycles. The Bertz CT molecular complexity index is 1650. The van der Waals surface area contributed by atoms with Gasteiger partial charge >= 0.3 is 5.97 Å². The number of carbonyl (C=O) groups is 2. The topological polar surface area (TPSA) is 129 Å². The van der Waals surface area contributed by atoms with Crippen molar-refractivity contribution >= 4 is 33.1 Å². The van der Waals surface area contributed by atoms with Gasteiger partial charge in [0, 0.05) is 42.3 Å². The van der Waals surface area contributed by atoms with Crippen molar-refractivity contribution in [2.75, 3.05) is 18.6 Å². The van der Waals surface area contributed by atoms with E-state index >= 15 is 0 Å². The number of sulfone groups is 1. The highest BCUT2D eigenvalue weighted by atomic mass is 32.2. The molecule has 0 bridgehead atoms. The zero-order chi connectivity index (χ0) is 31.9. The third-order valence-electron chi connectivity index (χ3n) is 6.39. The highest BCUT2D eigenvalue weighted by Gasteiger charge is 2.29. The van der Waals surface area contributed by atoms with Gasteiger partial charge in [0.1, 0.15) is 38.4 Å². The highest BCUT2D eigenvalue weighted by molar-refractivity contribution is 7.90. The predicted octanol–water partition coefficient (Wildman–Crippen LogP) is 4.83. The summed E-state index contributed by atoms with van der Waals surface area (Å²) >= 11 is 1.43. The lowest BCUT2D eigenvalue weighted by molar-refractivity contribution is -0.157. The number of thiazole rings is 1. The summed E-state index contributed by atoms with van der Waals surface area (Å²) in [6, 6.07) is 9.60. The molecule has 10 nitrogen and oxygen atoms in total. The number of rotatable bonds is 13. The molecule has 2 aromatic carbocycles. The van der Waals surface area contributed by atoms with Gasteiger partial charge < -0.3 is 19.4 Å². The summed E-state index contributed by atoms with van der Waals surface area (Å²) in [6.07, 6.45) is 7.24. The first-order chi connectivity index (χ1) is 20.8. The molecule has 2 atom stereocenters. The molecule has 234 valence electrons. The van der Waals surface area contributed by atoms with E-state index < -0.39 is 45.3 Å². The monoisotopic (exact) mass is 642 g/mol. The average molecular weight is 643 g/mol. The molecule has 0 radical (unpaired) electrons. The molecule has 0 aliphatic carbocycles. The third-order valence-corrected chi connectivity index (χ3v) is 8.19. The summed E-state index contributed by atoms with van der Waals surface area (Å²) in [5.41, 5.74) is 1.08. The van der Waals surface area contributed by atoms with Crippen molar-refractivity contribution < 1.29 is 31.9 Å². The van der Waals surface area contributed by atoms with Crippen molar-refractivity contribution in [3.63, 3.8) is 0 Å². The van der Waals surface area contributed by atoms with Crippen LogP contribution < -0.4 is 5.32 Å². The summed E-state index contributed by atoms with van der Waals surface area (Å²) in [5, 5.41) is 5.23. The molecule has 1 N–H and O–H groups in total. The Morgan fingerprint density at radius 3 is 2.48 bits per heavy atom. The number of esters is 1. The largest absolute Gasteiger partial charge is 0.458 e. The van der Waals surface area contributed by atoms with E-state index in [1.807, 2.05) is 16.1 Å². The molecule has 0 spiro atoms. The molecule has 0 aliphatic rings. The van der Waals surface area contributed by atoms with E-state index in [1.165, 1.54) is 23.5 Å². The Hall–Kier alpha value is -3.94. The fraction of sp³-hybridized carbons (Fsp3) is 0.355. The molecule has 0 fully saturated rings. The number of nitrogens with one attached hydrogen (secondary N) is 1. The van der Waals surface area contributed by atoms with Crippen LogP contribution in [-0.4, -0.2) is 65.1 Å². The summed E-state index contributed by atoms with van der Waals surface area (Å²) < 4.78 is 51.3. The predicted molar refractivity (Wildman–Crippen MR) is 165 cm³/mol. The number of carbonyl (C=O) groups excluding carboxylic acids is 2. The van der Waals surface area contributed by atoms with Crippen LogP contribution in [0, 0.1) is 5.82 Å². The van der Waals surface area contributed by atoms with Gasteiger partial charge in [-0.2, -0.15) is 0 Å². The number of benzene rings is 2. The molecule has 4 rings (SSSR count). The second-order valence-corrected chi connectivity index (χ2v) is 14.4. The van der Waals surface area contributed by atoms with E-state index in [0.717, 1.165) is 6.26 Å². The van der Waals surface area contributed by atoms with Crippen molar-refractivity contribution in [1.29, 1.82) is 0 Å². The van der Waals surface area contributed by atoms with E-state index in [-0.39, 0.29) is 17.7 Å². The minimum Gasteiger partial charge on any atom is -0.458 e. The van der Waals surface area contributed by atoms with Gasteiger partial charge in [0.25, 0.3) is 5.91 Å². The quantitative estimate of drug-likeness (QED) is 0.206. The average Bonchev–Trinajstić information content (AvgIpc) is 3.67. The second kappa shape index (κ2) is 14.2. The van der Waals surface area contributed by atoms with E-state index in [9.17, 15) is 22.4 Å². The van der Waals surface area contributed by atoms with Crippen LogP contribution in [0.25, 0.3) is 11.1 Å². The van der Waals surface area contributed by atoms with Crippen LogP contribution in [0.5, 0.6) is 0 Å². The zero-order valence-electron chi connectivity index (χ0n) is 24.9. The molecule has 0 saturated carbocycles. The Balaban J connectivity index is 1.69.